The third-order valence-electron chi connectivity index (χ3n) is 1.63. The van der Waals surface area contributed by atoms with Crippen molar-refractivity contribution in [3.63, 3.8) is 0 Å². The molecule has 0 atom stereocenters. The first-order valence-corrected chi connectivity index (χ1v) is 4.50. The van der Waals surface area contributed by atoms with E-state index in [4.69, 9.17) is 5.11 Å². The maximum absolute atomic E-state index is 10.2. The Morgan fingerprint density at radius 2 is 1.47 bits per heavy atom. The Bertz CT molecular complexity index is 355. The van der Waals surface area contributed by atoms with Crippen molar-refractivity contribution in [3.05, 3.63) is 72.3 Å². The Hall–Kier alpha value is -2.09. The molecule has 0 saturated carbocycles. The van der Waals surface area contributed by atoms with Gasteiger partial charge in [-0.15, -0.1) is 0 Å². The average Bonchev–Trinajstić information content (AvgIpc) is 2.33. The summed E-state index contributed by atoms with van der Waals surface area (Å²) in [4.78, 5) is 10.2. The van der Waals surface area contributed by atoms with Gasteiger partial charge in [-0.2, -0.15) is 0 Å². The third-order valence-corrected chi connectivity index (χ3v) is 1.63. The molecule has 0 aliphatic heterocycles. The van der Waals surface area contributed by atoms with Crippen molar-refractivity contribution in [3.8, 4) is 0 Å². The Labute approximate surface area is 88.8 Å². The zero-order chi connectivity index (χ0) is 10.9. The molecule has 0 aromatic heterocycles. The molecule has 15 heavy (non-hydrogen) atoms. The van der Waals surface area contributed by atoms with E-state index in [-0.39, 0.29) is 0 Å². The molecule has 0 bridgehead atoms. The zero-order valence-corrected chi connectivity index (χ0v) is 8.13. The molecule has 1 radical (unpaired) electrons. The molecule has 0 amide bonds. The summed E-state index contributed by atoms with van der Waals surface area (Å²) in [7, 11) is 0. The van der Waals surface area contributed by atoms with Gasteiger partial charge in [0.25, 0.3) is 0 Å². The van der Waals surface area contributed by atoms with Gasteiger partial charge < -0.3 is 5.11 Å². The number of carboxylic acids is 1. The maximum Gasteiger partial charge on any atom is 0.335 e. The first-order valence-electron chi connectivity index (χ1n) is 4.50. The van der Waals surface area contributed by atoms with Crippen LogP contribution < -0.4 is 0 Å². The highest BCUT2D eigenvalue weighted by atomic mass is 16.4. The molecule has 2 aromatic carbocycles. The topological polar surface area (TPSA) is 37.3 Å². The molecular weight excluding hydrogens is 188 g/mol. The van der Waals surface area contributed by atoms with E-state index in [1.807, 2.05) is 30.3 Å². The molecular formula is C13H11O2. The van der Waals surface area contributed by atoms with Crippen LogP contribution in [0.5, 0.6) is 0 Å². The van der Waals surface area contributed by atoms with E-state index in [2.05, 4.69) is 6.07 Å². The van der Waals surface area contributed by atoms with Crippen LogP contribution in [0.2, 0.25) is 0 Å². The minimum Gasteiger partial charge on any atom is -0.478 e. The van der Waals surface area contributed by atoms with E-state index in [0.29, 0.717) is 5.56 Å². The van der Waals surface area contributed by atoms with Crippen LogP contribution in [0.3, 0.4) is 0 Å². The molecule has 1 N–H and O–H groups in total. The van der Waals surface area contributed by atoms with Gasteiger partial charge in [-0.05, 0) is 18.2 Å². The summed E-state index contributed by atoms with van der Waals surface area (Å²) in [6, 6.07) is 20.8. The highest BCUT2D eigenvalue weighted by Crippen LogP contribution is 1.96. The van der Waals surface area contributed by atoms with Crippen LogP contribution in [0, 0.1) is 6.07 Å². The quantitative estimate of drug-likeness (QED) is 0.766. The highest BCUT2D eigenvalue weighted by molar-refractivity contribution is 5.87. The minimum atomic E-state index is -0.879. The first-order chi connectivity index (χ1) is 7.30. The Kier molecular flexibility index (Phi) is 4.67. The van der Waals surface area contributed by atoms with Gasteiger partial charge in [0.15, 0.2) is 0 Å². The van der Waals surface area contributed by atoms with Gasteiger partial charge in [-0.25, -0.2) is 4.79 Å². The predicted molar refractivity (Wildman–Crippen MR) is 58.7 cm³/mol. The molecule has 0 heterocycles. The second kappa shape index (κ2) is 6.38. The van der Waals surface area contributed by atoms with E-state index in [9.17, 15) is 4.79 Å². The standard InChI is InChI=1S/C7H6O2.C6H5/c8-7(9)6-4-2-1-3-5-6;1-2-4-6-5-3-1/h1-5H,(H,8,9);1-5H. The van der Waals surface area contributed by atoms with Gasteiger partial charge in [0.2, 0.25) is 0 Å². The second-order valence-electron chi connectivity index (χ2n) is 2.75. The van der Waals surface area contributed by atoms with E-state index in [1.54, 1.807) is 30.3 Å². The summed E-state index contributed by atoms with van der Waals surface area (Å²) >= 11 is 0. The molecule has 2 heteroatoms. The zero-order valence-electron chi connectivity index (χ0n) is 8.13. The van der Waals surface area contributed by atoms with Crippen LogP contribution >= 0.6 is 0 Å². The first kappa shape index (κ1) is 11.0. The van der Waals surface area contributed by atoms with Gasteiger partial charge in [0, 0.05) is 0 Å². The van der Waals surface area contributed by atoms with Crippen molar-refractivity contribution in [2.45, 2.75) is 0 Å². The fourth-order valence-electron chi connectivity index (χ4n) is 0.923. The van der Waals surface area contributed by atoms with Crippen molar-refractivity contribution in [2.75, 3.05) is 0 Å². The second-order valence-corrected chi connectivity index (χ2v) is 2.75. The van der Waals surface area contributed by atoms with Gasteiger partial charge in [0.05, 0.1) is 5.56 Å². The number of aromatic carboxylic acids is 1. The minimum absolute atomic E-state index is 0.331. The monoisotopic (exact) mass is 199 g/mol. The smallest absolute Gasteiger partial charge is 0.335 e. The highest BCUT2D eigenvalue weighted by Gasteiger charge is 1.96. The third kappa shape index (κ3) is 4.62. The van der Waals surface area contributed by atoms with Gasteiger partial charge >= 0.3 is 5.97 Å². The van der Waals surface area contributed by atoms with Crippen molar-refractivity contribution in [2.24, 2.45) is 0 Å². The molecule has 0 unspecified atom stereocenters. The molecule has 0 aliphatic rings. The van der Waals surface area contributed by atoms with E-state index < -0.39 is 5.97 Å². The maximum atomic E-state index is 10.2. The molecule has 0 spiro atoms. The molecule has 2 nitrogen and oxygen atoms in total. The Morgan fingerprint density at radius 1 is 0.933 bits per heavy atom. The number of benzene rings is 2. The number of hydrogen-bond acceptors (Lipinski definition) is 1. The lowest BCUT2D eigenvalue weighted by atomic mass is 10.2. The fraction of sp³-hybridized carbons (Fsp3) is 0. The molecule has 2 rings (SSSR count). The van der Waals surface area contributed by atoms with Crippen molar-refractivity contribution >= 4 is 5.97 Å². The predicted octanol–water partition coefficient (Wildman–Crippen LogP) is 2.87. The van der Waals surface area contributed by atoms with Crippen LogP contribution in [0.1, 0.15) is 10.4 Å². The SMILES string of the molecule is O=C(O)c1ccccc1.[c]1ccccc1. The Morgan fingerprint density at radius 3 is 1.73 bits per heavy atom. The van der Waals surface area contributed by atoms with Gasteiger partial charge in [0.1, 0.15) is 0 Å². The number of carbonyl (C=O) groups is 1. The van der Waals surface area contributed by atoms with Gasteiger partial charge in [-0.3, -0.25) is 0 Å². The summed E-state index contributed by atoms with van der Waals surface area (Å²) in [5.41, 5.74) is 0.331. The van der Waals surface area contributed by atoms with Crippen LogP contribution in [0.25, 0.3) is 0 Å². The molecule has 2 aromatic rings. The Balaban J connectivity index is 0.000000162. The molecule has 0 aliphatic carbocycles. The average molecular weight is 199 g/mol. The van der Waals surface area contributed by atoms with Crippen molar-refractivity contribution in [1.82, 2.24) is 0 Å². The van der Waals surface area contributed by atoms with Crippen LogP contribution in [-0.4, -0.2) is 11.1 Å². The summed E-state index contributed by atoms with van der Waals surface area (Å²) in [6.07, 6.45) is 0. The summed E-state index contributed by atoms with van der Waals surface area (Å²) < 4.78 is 0. The van der Waals surface area contributed by atoms with E-state index in [0.717, 1.165) is 0 Å². The van der Waals surface area contributed by atoms with E-state index >= 15 is 0 Å². The summed E-state index contributed by atoms with van der Waals surface area (Å²) in [5.74, 6) is -0.879. The number of rotatable bonds is 1. The lowest BCUT2D eigenvalue weighted by molar-refractivity contribution is 0.0697. The van der Waals surface area contributed by atoms with Crippen LogP contribution in [0.4, 0.5) is 0 Å². The molecule has 0 saturated heterocycles. The summed E-state index contributed by atoms with van der Waals surface area (Å²) in [6.45, 7) is 0. The summed E-state index contributed by atoms with van der Waals surface area (Å²) in [5, 5.41) is 8.38. The lowest BCUT2D eigenvalue weighted by Gasteiger charge is -1.88. The largest absolute Gasteiger partial charge is 0.478 e. The van der Waals surface area contributed by atoms with E-state index in [1.165, 1.54) is 0 Å². The lowest BCUT2D eigenvalue weighted by Crippen LogP contribution is -1.93. The molecule has 0 fully saturated rings. The van der Waals surface area contributed by atoms with Crippen LogP contribution in [0.15, 0.2) is 60.7 Å². The normalized spacial score (nSPS) is 8.53. The van der Waals surface area contributed by atoms with Crippen LogP contribution in [-0.2, 0) is 0 Å². The van der Waals surface area contributed by atoms with Gasteiger partial charge in [-0.1, -0.05) is 48.5 Å². The van der Waals surface area contributed by atoms with Crippen molar-refractivity contribution < 1.29 is 9.90 Å². The fourth-order valence-corrected chi connectivity index (χ4v) is 0.923. The number of hydrogen-bond donors (Lipinski definition) is 1. The number of carboxylic acid groups (broad SMARTS) is 1. The molecule has 75 valence electrons. The van der Waals surface area contributed by atoms with Crippen molar-refractivity contribution in [1.29, 1.82) is 0 Å².